The molecule has 1 saturated heterocycles. The number of aromatic amines is 1. The van der Waals surface area contributed by atoms with Gasteiger partial charge in [0.05, 0.1) is 13.2 Å². The summed E-state index contributed by atoms with van der Waals surface area (Å²) in [6.45, 7) is 3.42. The van der Waals surface area contributed by atoms with E-state index in [-0.39, 0.29) is 6.04 Å². The third-order valence-corrected chi connectivity index (χ3v) is 4.32. The van der Waals surface area contributed by atoms with E-state index in [4.69, 9.17) is 9.47 Å². The number of rotatable bonds is 6. The maximum atomic E-state index is 12.1. The highest BCUT2D eigenvalue weighted by Gasteiger charge is 2.45. The minimum atomic E-state index is -1.09. The first-order valence-electron chi connectivity index (χ1n) is 7.80. The smallest absolute Gasteiger partial charge is 0.330 e. The number of aryl methyl sites for hydroxylation is 1. The van der Waals surface area contributed by atoms with Crippen molar-refractivity contribution in [3.63, 3.8) is 0 Å². The van der Waals surface area contributed by atoms with Gasteiger partial charge in [0.2, 0.25) is 0 Å². The molecule has 0 aliphatic carbocycles. The number of hydrogen-bond donors (Lipinski definition) is 3. The van der Waals surface area contributed by atoms with E-state index in [1.165, 1.54) is 10.8 Å². The second-order valence-electron chi connectivity index (χ2n) is 6.33. The molecule has 0 bridgehead atoms. The second kappa shape index (κ2) is 7.58. The second-order valence-corrected chi connectivity index (χ2v) is 6.33. The van der Waals surface area contributed by atoms with Gasteiger partial charge in [0, 0.05) is 17.8 Å². The van der Waals surface area contributed by atoms with Crippen LogP contribution in [0.25, 0.3) is 0 Å². The van der Waals surface area contributed by atoms with Gasteiger partial charge in [-0.1, -0.05) is 0 Å². The Balaban J connectivity index is 2.30. The number of likely N-dealkylation sites (N-methyl/N-ethyl adjacent to an activating group) is 1. The van der Waals surface area contributed by atoms with Crippen LogP contribution in [-0.2, 0) is 9.47 Å². The molecule has 0 saturated carbocycles. The van der Waals surface area contributed by atoms with Crippen LogP contribution >= 0.6 is 0 Å². The van der Waals surface area contributed by atoms with E-state index >= 15 is 0 Å². The standard InChI is InChI=1S/C15H25N3O6/c1-8-5-18(15(22)16-13(8)21)14-12(11(20)10(6-19)24-14)23-7-9(2)17(3)4/h5,9-12,14,19-20H,6-7H2,1-4H3,(H,16,21,22)/t9?,10-,11-,12-,14-/m1/s1. The normalized spacial score (nSPS) is 28.5. The van der Waals surface area contributed by atoms with E-state index in [9.17, 15) is 19.8 Å². The molecule has 0 aromatic carbocycles. The van der Waals surface area contributed by atoms with Crippen molar-refractivity contribution in [2.45, 2.75) is 44.4 Å². The number of nitrogens with zero attached hydrogens (tertiary/aromatic N) is 2. The molecule has 1 unspecified atom stereocenters. The summed E-state index contributed by atoms with van der Waals surface area (Å²) in [5, 5.41) is 19.7. The summed E-state index contributed by atoms with van der Waals surface area (Å²) in [4.78, 5) is 27.8. The minimum Gasteiger partial charge on any atom is -0.394 e. The van der Waals surface area contributed by atoms with Crippen molar-refractivity contribution in [1.82, 2.24) is 14.5 Å². The summed E-state index contributed by atoms with van der Waals surface area (Å²) in [5.74, 6) is 0. The lowest BCUT2D eigenvalue weighted by atomic mass is 10.1. The lowest BCUT2D eigenvalue weighted by molar-refractivity contribution is -0.0820. The number of ether oxygens (including phenoxy) is 2. The molecule has 5 atom stereocenters. The largest absolute Gasteiger partial charge is 0.394 e. The van der Waals surface area contributed by atoms with Crippen molar-refractivity contribution < 1.29 is 19.7 Å². The van der Waals surface area contributed by atoms with Crippen molar-refractivity contribution in [2.75, 3.05) is 27.3 Å². The molecule has 24 heavy (non-hydrogen) atoms. The predicted molar refractivity (Wildman–Crippen MR) is 86.0 cm³/mol. The van der Waals surface area contributed by atoms with Crippen LogP contribution in [0.3, 0.4) is 0 Å². The fourth-order valence-electron chi connectivity index (χ4n) is 2.45. The zero-order valence-corrected chi connectivity index (χ0v) is 14.3. The zero-order valence-electron chi connectivity index (χ0n) is 14.3. The number of H-pyrrole nitrogens is 1. The Morgan fingerprint density at radius 2 is 2.12 bits per heavy atom. The van der Waals surface area contributed by atoms with Gasteiger partial charge in [0.25, 0.3) is 5.56 Å². The van der Waals surface area contributed by atoms with Crippen molar-refractivity contribution >= 4 is 0 Å². The molecule has 3 N–H and O–H groups in total. The van der Waals surface area contributed by atoms with Gasteiger partial charge < -0.3 is 24.6 Å². The summed E-state index contributed by atoms with van der Waals surface area (Å²) in [5.41, 5.74) is -0.802. The summed E-state index contributed by atoms with van der Waals surface area (Å²) in [7, 11) is 3.80. The molecule has 1 aliphatic rings. The highest BCUT2D eigenvalue weighted by Crippen LogP contribution is 2.30. The molecule has 9 heteroatoms. The number of aromatic nitrogens is 2. The van der Waals surface area contributed by atoms with Crippen molar-refractivity contribution in [1.29, 1.82) is 0 Å². The highest BCUT2D eigenvalue weighted by molar-refractivity contribution is 5.03. The van der Waals surface area contributed by atoms with Gasteiger partial charge in [-0.05, 0) is 27.9 Å². The topological polar surface area (TPSA) is 117 Å². The molecule has 0 amide bonds. The maximum Gasteiger partial charge on any atom is 0.330 e. The van der Waals surface area contributed by atoms with Crippen LogP contribution in [0, 0.1) is 6.92 Å². The molecular formula is C15H25N3O6. The first kappa shape index (κ1) is 18.8. The van der Waals surface area contributed by atoms with Crippen LogP contribution in [0.4, 0.5) is 0 Å². The van der Waals surface area contributed by atoms with Gasteiger partial charge in [0.1, 0.15) is 18.3 Å². The molecule has 1 aliphatic heterocycles. The van der Waals surface area contributed by atoms with Crippen LogP contribution in [0.15, 0.2) is 15.8 Å². The molecule has 1 aromatic rings. The van der Waals surface area contributed by atoms with Crippen LogP contribution in [0.1, 0.15) is 18.7 Å². The lowest BCUT2D eigenvalue weighted by Gasteiger charge is -2.26. The van der Waals surface area contributed by atoms with Gasteiger partial charge in [-0.2, -0.15) is 0 Å². The first-order chi connectivity index (χ1) is 11.3. The number of hydrogen-bond acceptors (Lipinski definition) is 7. The average Bonchev–Trinajstić information content (AvgIpc) is 2.84. The zero-order chi connectivity index (χ0) is 18.0. The molecule has 1 aromatic heterocycles. The fraction of sp³-hybridized carbons (Fsp3) is 0.733. The van der Waals surface area contributed by atoms with Crippen LogP contribution < -0.4 is 11.2 Å². The summed E-state index contributed by atoms with van der Waals surface area (Å²) in [6, 6.07) is 0.0834. The average molecular weight is 343 g/mol. The molecular weight excluding hydrogens is 318 g/mol. The van der Waals surface area contributed by atoms with Crippen LogP contribution in [0.5, 0.6) is 0 Å². The maximum absolute atomic E-state index is 12.1. The van der Waals surface area contributed by atoms with Crippen molar-refractivity contribution in [3.8, 4) is 0 Å². The van der Waals surface area contributed by atoms with Crippen molar-refractivity contribution in [2.24, 2.45) is 0 Å². The molecule has 136 valence electrons. The van der Waals surface area contributed by atoms with E-state index in [0.717, 1.165) is 0 Å². The SMILES string of the molecule is Cc1cn([C@@H]2O[C@H](CO)[C@@H](O)[C@H]2OCC(C)N(C)C)c(=O)[nH]c1=O. The number of aliphatic hydroxyl groups is 2. The molecule has 9 nitrogen and oxygen atoms in total. The molecule has 2 rings (SSSR count). The fourth-order valence-corrected chi connectivity index (χ4v) is 2.45. The Hall–Kier alpha value is -1.52. The predicted octanol–water partition coefficient (Wildman–Crippen LogP) is -1.57. The van der Waals surface area contributed by atoms with Gasteiger partial charge in [-0.3, -0.25) is 14.3 Å². The Morgan fingerprint density at radius 1 is 1.46 bits per heavy atom. The number of aliphatic hydroxyl groups excluding tert-OH is 2. The Kier molecular flexibility index (Phi) is 5.94. The Bertz CT molecular complexity index is 670. The Morgan fingerprint density at radius 3 is 2.71 bits per heavy atom. The summed E-state index contributed by atoms with van der Waals surface area (Å²) < 4.78 is 12.6. The first-order valence-corrected chi connectivity index (χ1v) is 7.80. The third-order valence-electron chi connectivity index (χ3n) is 4.32. The monoisotopic (exact) mass is 343 g/mol. The summed E-state index contributed by atoms with van der Waals surface area (Å²) >= 11 is 0. The molecule has 2 heterocycles. The Labute approximate surface area is 139 Å². The van der Waals surface area contributed by atoms with E-state index in [1.807, 2.05) is 25.9 Å². The van der Waals surface area contributed by atoms with Crippen molar-refractivity contribution in [3.05, 3.63) is 32.6 Å². The van der Waals surface area contributed by atoms with E-state index in [1.54, 1.807) is 6.92 Å². The van der Waals surface area contributed by atoms with Gasteiger partial charge in [-0.25, -0.2) is 4.79 Å². The van der Waals surface area contributed by atoms with Gasteiger partial charge in [-0.15, -0.1) is 0 Å². The molecule has 0 spiro atoms. The quantitative estimate of drug-likeness (QED) is 0.571. The minimum absolute atomic E-state index is 0.0834. The van der Waals surface area contributed by atoms with E-state index < -0.39 is 42.4 Å². The van der Waals surface area contributed by atoms with Gasteiger partial charge in [0.15, 0.2) is 6.23 Å². The third kappa shape index (κ3) is 3.76. The van der Waals surface area contributed by atoms with E-state index in [2.05, 4.69) is 4.98 Å². The highest BCUT2D eigenvalue weighted by atomic mass is 16.6. The number of nitrogens with one attached hydrogen (secondary N) is 1. The summed E-state index contributed by atoms with van der Waals surface area (Å²) in [6.07, 6.45) is -2.37. The molecule has 0 radical (unpaired) electrons. The van der Waals surface area contributed by atoms with Crippen LogP contribution in [0.2, 0.25) is 0 Å². The van der Waals surface area contributed by atoms with Crippen LogP contribution in [-0.4, -0.2) is 76.3 Å². The van der Waals surface area contributed by atoms with E-state index in [0.29, 0.717) is 12.2 Å². The lowest BCUT2D eigenvalue weighted by Crippen LogP contribution is -2.42. The molecule has 1 fully saturated rings. The van der Waals surface area contributed by atoms with Gasteiger partial charge >= 0.3 is 5.69 Å².